The van der Waals surface area contributed by atoms with E-state index in [1.165, 1.54) is 81.4 Å². The van der Waals surface area contributed by atoms with Crippen LogP contribution >= 0.6 is 11.3 Å². The van der Waals surface area contributed by atoms with Crippen molar-refractivity contribution in [2.75, 3.05) is 9.80 Å². The molecule has 0 amide bonds. The predicted octanol–water partition coefficient (Wildman–Crippen LogP) is 16.1. The molecular formula is C55H40N2S. The number of anilines is 6. The van der Waals surface area contributed by atoms with Crippen molar-refractivity contribution in [1.82, 2.24) is 0 Å². The Morgan fingerprint density at radius 2 is 1.07 bits per heavy atom. The van der Waals surface area contributed by atoms with E-state index in [2.05, 4.69) is 230 Å². The molecule has 1 aliphatic heterocycles. The van der Waals surface area contributed by atoms with Crippen molar-refractivity contribution in [3.05, 3.63) is 217 Å². The van der Waals surface area contributed by atoms with Gasteiger partial charge in [0, 0.05) is 59.0 Å². The average Bonchev–Trinajstić information content (AvgIpc) is 3.67. The summed E-state index contributed by atoms with van der Waals surface area (Å²) < 4.78 is 2.62. The summed E-state index contributed by atoms with van der Waals surface area (Å²) in [6, 6.07) is 75.6. The molecule has 0 atom stereocenters. The Morgan fingerprint density at radius 3 is 1.90 bits per heavy atom. The van der Waals surface area contributed by atoms with Gasteiger partial charge in [-0.3, -0.25) is 0 Å². The van der Waals surface area contributed by atoms with Crippen LogP contribution in [-0.2, 0) is 5.41 Å². The summed E-state index contributed by atoms with van der Waals surface area (Å²) in [6.07, 6.45) is 0. The SMILES string of the molecule is CC1(C)c2ccccc2N(c2c(-c3cccc4c3sc3ccccc34)ccc3ccccc23)c2cccc(N(c3ccccc3)c3ccc(-c4ccccc4)cc3)c21. The van der Waals surface area contributed by atoms with Gasteiger partial charge >= 0.3 is 0 Å². The van der Waals surface area contributed by atoms with Gasteiger partial charge in [0.1, 0.15) is 0 Å². The Balaban J connectivity index is 1.19. The predicted molar refractivity (Wildman–Crippen MR) is 249 cm³/mol. The van der Waals surface area contributed by atoms with Gasteiger partial charge in [0.2, 0.25) is 0 Å². The van der Waals surface area contributed by atoms with Crippen LogP contribution in [0.1, 0.15) is 25.0 Å². The molecule has 2 nitrogen and oxygen atoms in total. The first-order valence-electron chi connectivity index (χ1n) is 20.0. The number of rotatable bonds is 6. The Hall–Kier alpha value is -6.94. The molecule has 0 bridgehead atoms. The van der Waals surface area contributed by atoms with Crippen molar-refractivity contribution in [2.24, 2.45) is 0 Å². The minimum Gasteiger partial charge on any atom is -0.310 e. The van der Waals surface area contributed by atoms with Crippen LogP contribution in [0.3, 0.4) is 0 Å². The van der Waals surface area contributed by atoms with Crippen molar-refractivity contribution in [2.45, 2.75) is 19.3 Å². The zero-order chi connectivity index (χ0) is 38.8. The largest absolute Gasteiger partial charge is 0.310 e. The highest BCUT2D eigenvalue weighted by Crippen LogP contribution is 2.58. The van der Waals surface area contributed by atoms with Crippen LogP contribution in [0, 0.1) is 0 Å². The first-order chi connectivity index (χ1) is 28.6. The number of benzene rings is 9. The molecule has 1 aromatic heterocycles. The quantitative estimate of drug-likeness (QED) is 0.167. The fourth-order valence-electron chi connectivity index (χ4n) is 9.35. The van der Waals surface area contributed by atoms with E-state index in [1.54, 1.807) is 0 Å². The molecule has 1 aliphatic rings. The van der Waals surface area contributed by atoms with Gasteiger partial charge in [-0.25, -0.2) is 0 Å². The summed E-state index contributed by atoms with van der Waals surface area (Å²) in [5, 5.41) is 5.05. The maximum Gasteiger partial charge on any atom is 0.0619 e. The van der Waals surface area contributed by atoms with Gasteiger partial charge in [-0.05, 0) is 70.6 Å². The van der Waals surface area contributed by atoms with Crippen LogP contribution in [0.4, 0.5) is 34.1 Å². The van der Waals surface area contributed by atoms with Crippen molar-refractivity contribution in [3.63, 3.8) is 0 Å². The third-order valence-electron chi connectivity index (χ3n) is 12.0. The first-order valence-corrected chi connectivity index (χ1v) is 20.8. The summed E-state index contributed by atoms with van der Waals surface area (Å²) in [7, 11) is 0. The van der Waals surface area contributed by atoms with E-state index in [4.69, 9.17) is 0 Å². The van der Waals surface area contributed by atoms with Gasteiger partial charge in [-0.2, -0.15) is 0 Å². The summed E-state index contributed by atoms with van der Waals surface area (Å²) >= 11 is 1.89. The summed E-state index contributed by atoms with van der Waals surface area (Å²) in [5.74, 6) is 0. The van der Waals surface area contributed by atoms with Crippen LogP contribution in [0.2, 0.25) is 0 Å². The standard InChI is InChI=1S/C55H40N2S/c1-55(2)47-26-12-13-27-48(47)57(53-42-22-10-9-19-39(42)33-36-44(53)46-25-15-24-45-43-23-11-14-30-51(43)58-54(45)46)50-29-16-28-49(52(50)55)56(40-20-7-4-8-21-40)41-34-31-38(32-35-41)37-17-5-3-6-18-37/h3-36H,1-2H3. The van der Waals surface area contributed by atoms with Crippen LogP contribution in [-0.4, -0.2) is 0 Å². The third-order valence-corrected chi connectivity index (χ3v) is 13.2. The number of nitrogens with zero attached hydrogens (tertiary/aromatic N) is 2. The summed E-state index contributed by atoms with van der Waals surface area (Å²) in [5.41, 5.74) is 14.1. The lowest BCUT2D eigenvalue weighted by atomic mass is 9.72. The van der Waals surface area contributed by atoms with E-state index < -0.39 is 0 Å². The highest BCUT2D eigenvalue weighted by atomic mass is 32.1. The molecule has 0 aliphatic carbocycles. The molecule has 11 rings (SSSR count). The Bertz CT molecular complexity index is 3140. The normalized spacial score (nSPS) is 13.1. The second kappa shape index (κ2) is 13.6. The van der Waals surface area contributed by atoms with Crippen LogP contribution in [0.5, 0.6) is 0 Å². The minimum atomic E-state index is -0.341. The van der Waals surface area contributed by atoms with Gasteiger partial charge in [0.15, 0.2) is 0 Å². The first kappa shape index (κ1) is 34.3. The Labute approximate surface area is 343 Å². The van der Waals surface area contributed by atoms with E-state index in [0.29, 0.717) is 0 Å². The molecule has 0 saturated carbocycles. The van der Waals surface area contributed by atoms with E-state index in [9.17, 15) is 0 Å². The molecule has 0 fully saturated rings. The molecule has 3 heteroatoms. The van der Waals surface area contributed by atoms with Gasteiger partial charge < -0.3 is 9.80 Å². The fourth-order valence-corrected chi connectivity index (χ4v) is 10.6. The highest BCUT2D eigenvalue weighted by molar-refractivity contribution is 7.26. The lowest BCUT2D eigenvalue weighted by Gasteiger charge is -2.45. The maximum absolute atomic E-state index is 2.57. The van der Waals surface area contributed by atoms with Crippen LogP contribution < -0.4 is 9.80 Å². The Kier molecular flexibility index (Phi) is 8.06. The second-order valence-electron chi connectivity index (χ2n) is 15.7. The number of hydrogen-bond acceptors (Lipinski definition) is 3. The van der Waals surface area contributed by atoms with E-state index in [-0.39, 0.29) is 5.41 Å². The molecule has 0 radical (unpaired) electrons. The molecule has 9 aromatic carbocycles. The monoisotopic (exact) mass is 760 g/mol. The third kappa shape index (κ3) is 5.39. The number of hydrogen-bond donors (Lipinski definition) is 0. The van der Waals surface area contributed by atoms with Crippen LogP contribution in [0.25, 0.3) is 53.2 Å². The molecule has 0 saturated heterocycles. The smallest absolute Gasteiger partial charge is 0.0619 e. The zero-order valence-corrected chi connectivity index (χ0v) is 33.2. The second-order valence-corrected chi connectivity index (χ2v) is 16.7. The van der Waals surface area contributed by atoms with Gasteiger partial charge in [0.05, 0.1) is 22.7 Å². The number of para-hydroxylation sites is 2. The van der Waals surface area contributed by atoms with Gasteiger partial charge in [-0.15, -0.1) is 11.3 Å². The Morgan fingerprint density at radius 1 is 0.448 bits per heavy atom. The molecule has 0 unspecified atom stereocenters. The minimum absolute atomic E-state index is 0.341. The van der Waals surface area contributed by atoms with E-state index in [1.807, 2.05) is 11.3 Å². The van der Waals surface area contributed by atoms with Crippen molar-refractivity contribution in [3.8, 4) is 22.3 Å². The van der Waals surface area contributed by atoms with E-state index >= 15 is 0 Å². The van der Waals surface area contributed by atoms with E-state index in [0.717, 1.165) is 17.1 Å². The van der Waals surface area contributed by atoms with Crippen molar-refractivity contribution >= 4 is 76.4 Å². The maximum atomic E-state index is 2.57. The molecule has 10 aromatic rings. The number of fused-ring (bicyclic) bond motifs is 6. The summed E-state index contributed by atoms with van der Waals surface area (Å²) in [6.45, 7) is 4.80. The number of thiophene rings is 1. The topological polar surface area (TPSA) is 6.48 Å². The molecule has 2 heterocycles. The molecule has 0 spiro atoms. The van der Waals surface area contributed by atoms with Crippen molar-refractivity contribution < 1.29 is 0 Å². The van der Waals surface area contributed by atoms with Crippen LogP contribution in [0.15, 0.2) is 206 Å². The molecule has 58 heavy (non-hydrogen) atoms. The lowest BCUT2D eigenvalue weighted by molar-refractivity contribution is 0.632. The average molecular weight is 761 g/mol. The molecule has 276 valence electrons. The molecular weight excluding hydrogens is 721 g/mol. The zero-order valence-electron chi connectivity index (χ0n) is 32.4. The van der Waals surface area contributed by atoms with Crippen molar-refractivity contribution in [1.29, 1.82) is 0 Å². The fraction of sp³-hybridized carbons (Fsp3) is 0.0545. The molecule has 0 N–H and O–H groups in total. The van der Waals surface area contributed by atoms with Gasteiger partial charge in [0.25, 0.3) is 0 Å². The highest BCUT2D eigenvalue weighted by Gasteiger charge is 2.41. The van der Waals surface area contributed by atoms with Gasteiger partial charge in [-0.1, -0.05) is 172 Å². The lowest BCUT2D eigenvalue weighted by Crippen LogP contribution is -2.32. The summed E-state index contributed by atoms with van der Waals surface area (Å²) in [4.78, 5) is 5.02.